The zero-order chi connectivity index (χ0) is 12.6. The second-order valence-electron chi connectivity index (χ2n) is 4.66. The van der Waals surface area contributed by atoms with E-state index in [1.165, 1.54) is 5.56 Å². The Morgan fingerprint density at radius 1 is 1.28 bits per heavy atom. The second kappa shape index (κ2) is 7.36. The quantitative estimate of drug-likeness (QED) is 0.733. The highest BCUT2D eigenvalue weighted by molar-refractivity contribution is 5.28. The summed E-state index contributed by atoms with van der Waals surface area (Å²) in [5.74, 6) is 0.955. The Balaban J connectivity index is 1.85. The van der Waals surface area contributed by atoms with E-state index >= 15 is 0 Å². The van der Waals surface area contributed by atoms with Gasteiger partial charge >= 0.3 is 0 Å². The molecule has 3 N–H and O–H groups in total. The lowest BCUT2D eigenvalue weighted by Crippen LogP contribution is -2.42. The molecule has 0 spiro atoms. The molecule has 2 rings (SSSR count). The third-order valence-corrected chi connectivity index (χ3v) is 3.13. The van der Waals surface area contributed by atoms with Gasteiger partial charge in [0, 0.05) is 32.7 Å². The molecule has 18 heavy (non-hydrogen) atoms. The van der Waals surface area contributed by atoms with Crippen LogP contribution in [0.2, 0.25) is 0 Å². The minimum atomic E-state index is 0.681. The number of hydrogen-bond donors (Lipinski definition) is 2. The predicted octanol–water partition coefficient (Wildman–Crippen LogP) is 0.819. The fourth-order valence-electron chi connectivity index (χ4n) is 2.13. The summed E-state index contributed by atoms with van der Waals surface area (Å²) < 4.78 is 5.67. The van der Waals surface area contributed by atoms with Crippen molar-refractivity contribution in [2.75, 3.05) is 39.3 Å². The van der Waals surface area contributed by atoms with Crippen molar-refractivity contribution in [3.63, 3.8) is 0 Å². The molecule has 1 fully saturated rings. The van der Waals surface area contributed by atoms with Crippen LogP contribution in [-0.2, 0) is 6.54 Å². The molecule has 0 atom stereocenters. The fourth-order valence-corrected chi connectivity index (χ4v) is 2.13. The van der Waals surface area contributed by atoms with Crippen molar-refractivity contribution in [2.45, 2.75) is 13.0 Å². The van der Waals surface area contributed by atoms with Crippen molar-refractivity contribution in [1.82, 2.24) is 10.2 Å². The topological polar surface area (TPSA) is 50.5 Å². The first kappa shape index (κ1) is 13.3. The molecule has 0 aliphatic carbocycles. The molecule has 1 heterocycles. The molecule has 0 unspecified atom stereocenters. The van der Waals surface area contributed by atoms with Crippen LogP contribution in [0.25, 0.3) is 0 Å². The Morgan fingerprint density at radius 2 is 2.11 bits per heavy atom. The van der Waals surface area contributed by atoms with Gasteiger partial charge in [0.15, 0.2) is 0 Å². The number of nitrogens with zero attached hydrogens (tertiary/aromatic N) is 1. The molecule has 0 amide bonds. The van der Waals surface area contributed by atoms with E-state index in [-0.39, 0.29) is 0 Å². The van der Waals surface area contributed by atoms with Crippen LogP contribution in [0, 0.1) is 0 Å². The number of nitrogens with two attached hydrogens (primary N) is 1. The highest BCUT2D eigenvalue weighted by Gasteiger charge is 2.09. The van der Waals surface area contributed by atoms with Crippen LogP contribution in [0.3, 0.4) is 0 Å². The fraction of sp³-hybridized carbons (Fsp3) is 0.571. The molecule has 0 saturated carbocycles. The molecule has 4 heteroatoms. The van der Waals surface area contributed by atoms with Crippen molar-refractivity contribution in [3.05, 3.63) is 29.8 Å². The molecule has 0 bridgehead atoms. The Hall–Kier alpha value is -1.10. The van der Waals surface area contributed by atoms with Crippen LogP contribution in [0.5, 0.6) is 5.75 Å². The monoisotopic (exact) mass is 249 g/mol. The number of rotatable bonds is 6. The number of ether oxygens (including phenoxy) is 1. The van der Waals surface area contributed by atoms with E-state index in [4.69, 9.17) is 10.5 Å². The first-order valence-electron chi connectivity index (χ1n) is 6.73. The zero-order valence-corrected chi connectivity index (χ0v) is 10.9. The van der Waals surface area contributed by atoms with Gasteiger partial charge in [-0.25, -0.2) is 0 Å². The number of piperazine rings is 1. The highest BCUT2D eigenvalue weighted by atomic mass is 16.5. The Kier molecular flexibility index (Phi) is 5.45. The molecule has 100 valence electrons. The van der Waals surface area contributed by atoms with Gasteiger partial charge in [-0.1, -0.05) is 12.1 Å². The summed E-state index contributed by atoms with van der Waals surface area (Å²) in [4.78, 5) is 2.47. The largest absolute Gasteiger partial charge is 0.494 e. The summed E-state index contributed by atoms with van der Waals surface area (Å²) in [5.41, 5.74) is 6.78. The van der Waals surface area contributed by atoms with Gasteiger partial charge in [0.25, 0.3) is 0 Å². The summed E-state index contributed by atoms with van der Waals surface area (Å²) in [5, 5.41) is 3.37. The third kappa shape index (κ3) is 4.29. The van der Waals surface area contributed by atoms with E-state index in [9.17, 15) is 0 Å². The van der Waals surface area contributed by atoms with Crippen LogP contribution >= 0.6 is 0 Å². The SMILES string of the molecule is NCCCOc1cccc(CN2CCNCC2)c1. The first-order chi connectivity index (χ1) is 8.88. The molecule has 1 aromatic rings. The van der Waals surface area contributed by atoms with Gasteiger partial charge in [-0.3, -0.25) is 4.90 Å². The normalized spacial score (nSPS) is 16.7. The molecule has 0 radical (unpaired) electrons. The van der Waals surface area contributed by atoms with Crippen LogP contribution in [0.15, 0.2) is 24.3 Å². The van der Waals surface area contributed by atoms with Gasteiger partial charge in [-0.2, -0.15) is 0 Å². The van der Waals surface area contributed by atoms with Crippen molar-refractivity contribution < 1.29 is 4.74 Å². The Labute approximate surface area is 109 Å². The van der Waals surface area contributed by atoms with Gasteiger partial charge < -0.3 is 15.8 Å². The molecule has 4 nitrogen and oxygen atoms in total. The van der Waals surface area contributed by atoms with Crippen molar-refractivity contribution in [1.29, 1.82) is 0 Å². The lowest BCUT2D eigenvalue weighted by Gasteiger charge is -2.27. The smallest absolute Gasteiger partial charge is 0.119 e. The molecule has 1 aliphatic heterocycles. The van der Waals surface area contributed by atoms with E-state index in [0.29, 0.717) is 13.2 Å². The summed E-state index contributed by atoms with van der Waals surface area (Å²) in [7, 11) is 0. The first-order valence-corrected chi connectivity index (χ1v) is 6.73. The lowest BCUT2D eigenvalue weighted by atomic mass is 10.2. The molecular formula is C14H23N3O. The van der Waals surface area contributed by atoms with E-state index in [2.05, 4.69) is 28.4 Å². The molecule has 1 aromatic carbocycles. The van der Waals surface area contributed by atoms with Crippen LogP contribution in [0.1, 0.15) is 12.0 Å². The van der Waals surface area contributed by atoms with Crippen molar-refractivity contribution in [2.24, 2.45) is 5.73 Å². The minimum absolute atomic E-state index is 0.681. The van der Waals surface area contributed by atoms with Crippen LogP contribution in [0.4, 0.5) is 0 Å². The number of benzene rings is 1. The average Bonchev–Trinajstić information content (AvgIpc) is 2.41. The molecule has 1 saturated heterocycles. The van der Waals surface area contributed by atoms with Gasteiger partial charge in [0.05, 0.1) is 6.61 Å². The van der Waals surface area contributed by atoms with Gasteiger partial charge in [0.2, 0.25) is 0 Å². The number of nitrogens with one attached hydrogen (secondary N) is 1. The maximum absolute atomic E-state index is 5.67. The third-order valence-electron chi connectivity index (χ3n) is 3.13. The Bertz CT molecular complexity index is 351. The van der Waals surface area contributed by atoms with E-state index in [1.807, 2.05) is 6.07 Å². The maximum Gasteiger partial charge on any atom is 0.119 e. The molecular weight excluding hydrogens is 226 g/mol. The van der Waals surface area contributed by atoms with Gasteiger partial charge in [0.1, 0.15) is 5.75 Å². The number of hydrogen-bond acceptors (Lipinski definition) is 4. The second-order valence-corrected chi connectivity index (χ2v) is 4.66. The predicted molar refractivity (Wildman–Crippen MR) is 73.8 cm³/mol. The highest BCUT2D eigenvalue weighted by Crippen LogP contribution is 2.15. The zero-order valence-electron chi connectivity index (χ0n) is 10.9. The van der Waals surface area contributed by atoms with Gasteiger partial charge in [-0.15, -0.1) is 0 Å². The minimum Gasteiger partial charge on any atom is -0.494 e. The summed E-state index contributed by atoms with van der Waals surface area (Å²) in [6.45, 7) is 6.82. The van der Waals surface area contributed by atoms with Crippen LogP contribution < -0.4 is 15.8 Å². The average molecular weight is 249 g/mol. The summed E-state index contributed by atoms with van der Waals surface area (Å²) in [6, 6.07) is 8.38. The summed E-state index contributed by atoms with van der Waals surface area (Å²) in [6.07, 6.45) is 0.905. The Morgan fingerprint density at radius 3 is 2.89 bits per heavy atom. The molecule has 0 aromatic heterocycles. The maximum atomic E-state index is 5.67. The standard InChI is InChI=1S/C14H23N3O/c15-5-2-10-18-14-4-1-3-13(11-14)12-17-8-6-16-7-9-17/h1,3-4,11,16H,2,5-10,12,15H2. The van der Waals surface area contributed by atoms with E-state index < -0.39 is 0 Å². The van der Waals surface area contributed by atoms with Crippen LogP contribution in [-0.4, -0.2) is 44.2 Å². The van der Waals surface area contributed by atoms with Crippen molar-refractivity contribution in [3.8, 4) is 5.75 Å². The van der Waals surface area contributed by atoms with Gasteiger partial charge in [-0.05, 0) is 30.7 Å². The van der Waals surface area contributed by atoms with E-state index in [0.717, 1.165) is 44.9 Å². The lowest BCUT2D eigenvalue weighted by molar-refractivity contribution is 0.232. The van der Waals surface area contributed by atoms with Crippen molar-refractivity contribution >= 4 is 0 Å². The van der Waals surface area contributed by atoms with E-state index in [1.54, 1.807) is 0 Å². The molecule has 1 aliphatic rings. The summed E-state index contributed by atoms with van der Waals surface area (Å²) >= 11 is 0.